The second kappa shape index (κ2) is 5.63. The number of rotatable bonds is 4. The third kappa shape index (κ3) is 2.70. The van der Waals surface area contributed by atoms with Gasteiger partial charge in [0.1, 0.15) is 6.10 Å². The standard InChI is InChI=1S/C15H27N3O/c1-11(2)12-4-7-15(10-16,8-5-12)14(19)13-6-9-17-18(13)3/h6,9,11-12,14,19H,4-5,7-8,10,16H2,1-3H3. The maximum Gasteiger partial charge on any atom is 0.102 e. The molecule has 0 aromatic carbocycles. The highest BCUT2D eigenvalue weighted by atomic mass is 16.3. The number of aliphatic hydroxyl groups excluding tert-OH is 1. The Balaban J connectivity index is 2.14. The molecule has 1 heterocycles. The minimum atomic E-state index is -0.502. The molecule has 4 heteroatoms. The molecule has 0 bridgehead atoms. The van der Waals surface area contributed by atoms with Crippen LogP contribution in [0.5, 0.6) is 0 Å². The molecule has 1 aliphatic rings. The number of hydrogen-bond acceptors (Lipinski definition) is 3. The molecule has 1 saturated carbocycles. The summed E-state index contributed by atoms with van der Waals surface area (Å²) in [5, 5.41) is 14.9. The number of aliphatic hydroxyl groups is 1. The highest BCUT2D eigenvalue weighted by Crippen LogP contribution is 2.48. The Morgan fingerprint density at radius 3 is 2.53 bits per heavy atom. The fraction of sp³-hybridized carbons (Fsp3) is 0.800. The molecule has 1 aliphatic carbocycles. The summed E-state index contributed by atoms with van der Waals surface area (Å²) in [6, 6.07) is 1.90. The maximum absolute atomic E-state index is 10.7. The predicted octanol–water partition coefficient (Wildman–Crippen LogP) is 2.24. The highest BCUT2D eigenvalue weighted by molar-refractivity contribution is 5.10. The van der Waals surface area contributed by atoms with E-state index >= 15 is 0 Å². The van der Waals surface area contributed by atoms with Crippen LogP contribution < -0.4 is 5.73 Å². The van der Waals surface area contributed by atoms with Crippen molar-refractivity contribution in [3.05, 3.63) is 18.0 Å². The minimum Gasteiger partial charge on any atom is -0.386 e. The van der Waals surface area contributed by atoms with Crippen molar-refractivity contribution in [3.63, 3.8) is 0 Å². The Morgan fingerprint density at radius 2 is 2.11 bits per heavy atom. The molecule has 1 atom stereocenters. The zero-order valence-corrected chi connectivity index (χ0v) is 12.3. The first kappa shape index (κ1) is 14.5. The van der Waals surface area contributed by atoms with Gasteiger partial charge in [0.05, 0.1) is 5.69 Å². The number of aromatic nitrogens is 2. The van der Waals surface area contributed by atoms with Crippen LogP contribution in [0.2, 0.25) is 0 Å². The molecule has 3 N–H and O–H groups in total. The van der Waals surface area contributed by atoms with Gasteiger partial charge in [-0.05, 0) is 43.6 Å². The van der Waals surface area contributed by atoms with Crippen LogP contribution in [0, 0.1) is 17.3 Å². The average Bonchev–Trinajstić information content (AvgIpc) is 2.84. The largest absolute Gasteiger partial charge is 0.386 e. The molecule has 0 amide bonds. The topological polar surface area (TPSA) is 64.1 Å². The van der Waals surface area contributed by atoms with Gasteiger partial charge >= 0.3 is 0 Å². The van der Waals surface area contributed by atoms with E-state index in [-0.39, 0.29) is 5.41 Å². The first-order chi connectivity index (χ1) is 9.00. The summed E-state index contributed by atoms with van der Waals surface area (Å²) in [5.41, 5.74) is 6.74. The van der Waals surface area contributed by atoms with Crippen LogP contribution in [0.3, 0.4) is 0 Å². The Bertz CT molecular complexity index is 405. The van der Waals surface area contributed by atoms with Crippen LogP contribution in [-0.2, 0) is 7.05 Å². The molecule has 0 saturated heterocycles. The zero-order chi connectivity index (χ0) is 14.0. The lowest BCUT2D eigenvalue weighted by molar-refractivity contribution is -0.0193. The van der Waals surface area contributed by atoms with E-state index in [1.54, 1.807) is 10.9 Å². The van der Waals surface area contributed by atoms with Gasteiger partial charge in [-0.3, -0.25) is 4.68 Å². The average molecular weight is 265 g/mol. The summed E-state index contributed by atoms with van der Waals surface area (Å²) in [5.74, 6) is 1.50. The van der Waals surface area contributed by atoms with Gasteiger partial charge < -0.3 is 10.8 Å². The lowest BCUT2D eigenvalue weighted by Crippen LogP contribution is -2.41. The molecular weight excluding hydrogens is 238 g/mol. The molecule has 1 aromatic rings. The Labute approximate surface area is 116 Å². The minimum absolute atomic E-state index is 0.167. The van der Waals surface area contributed by atoms with E-state index in [2.05, 4.69) is 18.9 Å². The van der Waals surface area contributed by atoms with Gasteiger partial charge in [-0.15, -0.1) is 0 Å². The normalized spacial score (nSPS) is 29.7. The number of nitrogens with zero attached hydrogens (tertiary/aromatic N) is 2. The monoisotopic (exact) mass is 265 g/mol. The van der Waals surface area contributed by atoms with Crippen molar-refractivity contribution in [1.82, 2.24) is 9.78 Å². The van der Waals surface area contributed by atoms with Crippen molar-refractivity contribution < 1.29 is 5.11 Å². The van der Waals surface area contributed by atoms with E-state index in [9.17, 15) is 5.11 Å². The van der Waals surface area contributed by atoms with Crippen molar-refractivity contribution in [2.45, 2.75) is 45.6 Å². The number of aryl methyl sites for hydroxylation is 1. The molecule has 0 aliphatic heterocycles. The first-order valence-electron chi connectivity index (χ1n) is 7.36. The Hall–Kier alpha value is -0.870. The Kier molecular flexibility index (Phi) is 4.31. The van der Waals surface area contributed by atoms with Crippen molar-refractivity contribution in [3.8, 4) is 0 Å². The summed E-state index contributed by atoms with van der Waals surface area (Å²) in [4.78, 5) is 0. The molecule has 0 radical (unpaired) electrons. The van der Waals surface area contributed by atoms with Gasteiger partial charge in [0, 0.05) is 25.2 Å². The fourth-order valence-electron chi connectivity index (χ4n) is 3.44. The third-order valence-corrected chi connectivity index (χ3v) is 5.09. The lowest BCUT2D eigenvalue weighted by atomic mass is 9.64. The van der Waals surface area contributed by atoms with Crippen LogP contribution in [0.4, 0.5) is 0 Å². The van der Waals surface area contributed by atoms with E-state index in [4.69, 9.17) is 5.73 Å². The lowest BCUT2D eigenvalue weighted by Gasteiger charge is -2.43. The quantitative estimate of drug-likeness (QED) is 0.877. The van der Waals surface area contributed by atoms with Gasteiger partial charge in [-0.25, -0.2) is 0 Å². The smallest absolute Gasteiger partial charge is 0.102 e. The van der Waals surface area contributed by atoms with Gasteiger partial charge in [0.2, 0.25) is 0 Å². The molecule has 19 heavy (non-hydrogen) atoms. The second-order valence-electron chi connectivity index (χ2n) is 6.43. The molecule has 1 unspecified atom stereocenters. The molecule has 0 spiro atoms. The van der Waals surface area contributed by atoms with Gasteiger partial charge in [-0.1, -0.05) is 13.8 Å². The van der Waals surface area contributed by atoms with Gasteiger partial charge in [-0.2, -0.15) is 5.10 Å². The molecule has 1 aromatic heterocycles. The van der Waals surface area contributed by atoms with E-state index in [0.29, 0.717) is 6.54 Å². The Morgan fingerprint density at radius 1 is 1.47 bits per heavy atom. The molecular formula is C15H27N3O. The summed E-state index contributed by atoms with van der Waals surface area (Å²) < 4.78 is 1.76. The van der Waals surface area contributed by atoms with Crippen LogP contribution >= 0.6 is 0 Å². The van der Waals surface area contributed by atoms with E-state index in [0.717, 1.165) is 30.4 Å². The highest BCUT2D eigenvalue weighted by Gasteiger charge is 2.42. The summed E-state index contributed by atoms with van der Waals surface area (Å²) in [6.07, 6.45) is 5.60. The van der Waals surface area contributed by atoms with E-state index in [1.807, 2.05) is 13.1 Å². The summed E-state index contributed by atoms with van der Waals surface area (Å²) in [7, 11) is 1.88. The predicted molar refractivity (Wildman–Crippen MR) is 76.5 cm³/mol. The SMILES string of the molecule is CC(C)C1CCC(CN)(C(O)c2ccnn2C)CC1. The second-order valence-corrected chi connectivity index (χ2v) is 6.43. The van der Waals surface area contributed by atoms with Crippen molar-refractivity contribution in [2.75, 3.05) is 6.54 Å². The van der Waals surface area contributed by atoms with Crippen LogP contribution in [0.25, 0.3) is 0 Å². The molecule has 2 rings (SSSR count). The van der Waals surface area contributed by atoms with Crippen LogP contribution in [0.15, 0.2) is 12.3 Å². The van der Waals surface area contributed by atoms with E-state index < -0.39 is 6.10 Å². The van der Waals surface area contributed by atoms with Crippen molar-refractivity contribution in [2.24, 2.45) is 30.0 Å². The third-order valence-electron chi connectivity index (χ3n) is 5.09. The fourth-order valence-corrected chi connectivity index (χ4v) is 3.44. The van der Waals surface area contributed by atoms with Crippen molar-refractivity contribution in [1.29, 1.82) is 0 Å². The molecule has 1 fully saturated rings. The summed E-state index contributed by atoms with van der Waals surface area (Å²) >= 11 is 0. The zero-order valence-electron chi connectivity index (χ0n) is 12.3. The van der Waals surface area contributed by atoms with E-state index in [1.165, 1.54) is 12.8 Å². The summed E-state index contributed by atoms with van der Waals surface area (Å²) in [6.45, 7) is 5.12. The number of nitrogens with two attached hydrogens (primary N) is 1. The van der Waals surface area contributed by atoms with Crippen LogP contribution in [0.1, 0.15) is 51.3 Å². The maximum atomic E-state index is 10.7. The molecule has 108 valence electrons. The van der Waals surface area contributed by atoms with Gasteiger partial charge in [0.25, 0.3) is 0 Å². The van der Waals surface area contributed by atoms with Gasteiger partial charge in [0.15, 0.2) is 0 Å². The van der Waals surface area contributed by atoms with Crippen molar-refractivity contribution >= 4 is 0 Å². The molecule has 4 nitrogen and oxygen atoms in total. The van der Waals surface area contributed by atoms with Crippen LogP contribution in [-0.4, -0.2) is 21.4 Å². The number of hydrogen-bond donors (Lipinski definition) is 2. The first-order valence-corrected chi connectivity index (χ1v) is 7.36.